The van der Waals surface area contributed by atoms with Crippen LogP contribution in [0.3, 0.4) is 0 Å². The fraction of sp³-hybridized carbons (Fsp3) is 0.500. The number of carbonyl (C=O) groups excluding carboxylic acids is 2. The van der Waals surface area contributed by atoms with E-state index < -0.39 is 5.97 Å². The molecule has 1 N–H and O–H groups in total. The van der Waals surface area contributed by atoms with Gasteiger partial charge in [-0.25, -0.2) is 9.78 Å². The van der Waals surface area contributed by atoms with Gasteiger partial charge in [0.05, 0.1) is 12.3 Å². The lowest BCUT2D eigenvalue weighted by Gasteiger charge is -1.99. The second-order valence-corrected chi connectivity index (χ2v) is 4.13. The summed E-state index contributed by atoms with van der Waals surface area (Å²) >= 11 is 1.09. The van der Waals surface area contributed by atoms with Gasteiger partial charge in [-0.3, -0.25) is 10.1 Å². The molecule has 6 nitrogen and oxygen atoms in total. The van der Waals surface area contributed by atoms with E-state index in [4.69, 9.17) is 4.74 Å². The third kappa shape index (κ3) is 3.79. The van der Waals surface area contributed by atoms with E-state index in [1.165, 1.54) is 7.11 Å². The number of methoxy groups -OCH3 is 1. The molecule has 0 saturated carbocycles. The molecule has 0 radical (unpaired) electrons. The summed E-state index contributed by atoms with van der Waals surface area (Å²) in [6.45, 7) is 3.68. The average Bonchev–Trinajstić information content (AvgIpc) is 2.60. The van der Waals surface area contributed by atoms with E-state index in [2.05, 4.69) is 15.0 Å². The lowest BCUT2D eigenvalue weighted by Crippen LogP contribution is -2.16. The SMILES string of the molecule is CCOC(=O)c1sc(NC(=O)COC)nc1C. The molecule has 0 aliphatic heterocycles. The van der Waals surface area contributed by atoms with Crippen molar-refractivity contribution in [1.82, 2.24) is 4.98 Å². The minimum atomic E-state index is -0.422. The number of anilines is 1. The quantitative estimate of drug-likeness (QED) is 0.803. The van der Waals surface area contributed by atoms with Gasteiger partial charge in [-0.05, 0) is 13.8 Å². The van der Waals surface area contributed by atoms with Gasteiger partial charge < -0.3 is 9.47 Å². The van der Waals surface area contributed by atoms with Crippen LogP contribution < -0.4 is 5.32 Å². The van der Waals surface area contributed by atoms with Crippen molar-refractivity contribution in [2.75, 3.05) is 25.6 Å². The number of carbonyl (C=O) groups is 2. The van der Waals surface area contributed by atoms with Crippen LogP contribution in [0.25, 0.3) is 0 Å². The first kappa shape index (κ1) is 13.6. The zero-order valence-corrected chi connectivity index (χ0v) is 10.7. The van der Waals surface area contributed by atoms with Crippen LogP contribution in [0, 0.1) is 6.92 Å². The fourth-order valence-electron chi connectivity index (χ4n) is 1.12. The number of nitrogens with zero attached hydrogens (tertiary/aromatic N) is 1. The summed E-state index contributed by atoms with van der Waals surface area (Å²) in [6.07, 6.45) is 0. The summed E-state index contributed by atoms with van der Waals surface area (Å²) in [7, 11) is 1.43. The van der Waals surface area contributed by atoms with Gasteiger partial charge in [0.25, 0.3) is 5.91 Å². The molecule has 0 unspecified atom stereocenters. The maximum atomic E-state index is 11.5. The van der Waals surface area contributed by atoms with Gasteiger partial charge in [0, 0.05) is 7.11 Å². The molecule has 1 heterocycles. The Morgan fingerprint density at radius 1 is 1.47 bits per heavy atom. The van der Waals surface area contributed by atoms with E-state index in [0.29, 0.717) is 22.3 Å². The number of esters is 1. The Labute approximate surface area is 103 Å². The van der Waals surface area contributed by atoms with Crippen LogP contribution in [-0.2, 0) is 14.3 Å². The Kier molecular flexibility index (Phi) is 5.05. The standard InChI is InChI=1S/C10H14N2O4S/c1-4-16-9(14)8-6(2)11-10(17-8)12-7(13)5-15-3/h4-5H2,1-3H3,(H,11,12,13). The van der Waals surface area contributed by atoms with Crippen molar-refractivity contribution in [2.45, 2.75) is 13.8 Å². The molecule has 0 atom stereocenters. The van der Waals surface area contributed by atoms with Crippen LogP contribution >= 0.6 is 11.3 Å². The smallest absolute Gasteiger partial charge is 0.350 e. The van der Waals surface area contributed by atoms with E-state index in [-0.39, 0.29) is 12.5 Å². The number of aryl methyl sites for hydroxylation is 1. The summed E-state index contributed by atoms with van der Waals surface area (Å²) in [6, 6.07) is 0. The molecular formula is C10H14N2O4S. The van der Waals surface area contributed by atoms with E-state index >= 15 is 0 Å². The zero-order chi connectivity index (χ0) is 12.8. The van der Waals surface area contributed by atoms with E-state index in [0.717, 1.165) is 11.3 Å². The zero-order valence-electron chi connectivity index (χ0n) is 9.90. The van der Waals surface area contributed by atoms with Gasteiger partial charge in [0.1, 0.15) is 11.5 Å². The summed E-state index contributed by atoms with van der Waals surface area (Å²) in [5, 5.41) is 2.90. The Morgan fingerprint density at radius 2 is 2.18 bits per heavy atom. The molecule has 0 bridgehead atoms. The van der Waals surface area contributed by atoms with Crippen molar-refractivity contribution in [2.24, 2.45) is 0 Å². The summed E-state index contributed by atoms with van der Waals surface area (Å²) in [5.41, 5.74) is 0.543. The third-order valence-electron chi connectivity index (χ3n) is 1.78. The molecule has 94 valence electrons. The first-order valence-electron chi connectivity index (χ1n) is 5.01. The Hall–Kier alpha value is -1.47. The molecule has 0 fully saturated rings. The van der Waals surface area contributed by atoms with Crippen LogP contribution in [0.2, 0.25) is 0 Å². The molecule has 1 aromatic rings. The highest BCUT2D eigenvalue weighted by molar-refractivity contribution is 7.17. The molecule has 0 spiro atoms. The van der Waals surface area contributed by atoms with Gasteiger partial charge >= 0.3 is 5.97 Å². The van der Waals surface area contributed by atoms with E-state index in [1.54, 1.807) is 13.8 Å². The molecule has 0 saturated heterocycles. The number of aromatic nitrogens is 1. The van der Waals surface area contributed by atoms with Gasteiger partial charge in [-0.1, -0.05) is 11.3 Å². The van der Waals surface area contributed by atoms with Gasteiger partial charge in [-0.15, -0.1) is 0 Å². The lowest BCUT2D eigenvalue weighted by molar-refractivity contribution is -0.119. The van der Waals surface area contributed by atoms with Crippen molar-refractivity contribution in [3.63, 3.8) is 0 Å². The average molecular weight is 258 g/mol. The lowest BCUT2D eigenvalue weighted by atomic mass is 10.4. The summed E-state index contributed by atoms with van der Waals surface area (Å²) in [5.74, 6) is -0.730. The van der Waals surface area contributed by atoms with Crippen LogP contribution in [0.1, 0.15) is 22.3 Å². The van der Waals surface area contributed by atoms with Crippen molar-refractivity contribution in [3.05, 3.63) is 10.6 Å². The van der Waals surface area contributed by atoms with Crippen molar-refractivity contribution in [3.8, 4) is 0 Å². The molecule has 0 aliphatic carbocycles. The Balaban J connectivity index is 2.74. The second kappa shape index (κ2) is 6.31. The molecule has 1 rings (SSSR count). The first-order valence-corrected chi connectivity index (χ1v) is 5.83. The fourth-order valence-corrected chi connectivity index (χ4v) is 2.00. The Bertz CT molecular complexity index is 416. The second-order valence-electron chi connectivity index (χ2n) is 3.14. The van der Waals surface area contributed by atoms with Crippen LogP contribution in [0.15, 0.2) is 0 Å². The molecule has 1 aromatic heterocycles. The highest BCUT2D eigenvalue weighted by Gasteiger charge is 2.17. The predicted molar refractivity (Wildman–Crippen MR) is 63.3 cm³/mol. The summed E-state index contributed by atoms with van der Waals surface area (Å²) in [4.78, 5) is 27.2. The van der Waals surface area contributed by atoms with Crippen LogP contribution in [0.5, 0.6) is 0 Å². The van der Waals surface area contributed by atoms with E-state index in [1.807, 2.05) is 0 Å². The number of amides is 1. The highest BCUT2D eigenvalue weighted by atomic mass is 32.1. The van der Waals surface area contributed by atoms with Crippen molar-refractivity contribution in [1.29, 1.82) is 0 Å². The van der Waals surface area contributed by atoms with Gasteiger partial charge in [0.2, 0.25) is 0 Å². The van der Waals surface area contributed by atoms with Crippen LogP contribution in [0.4, 0.5) is 5.13 Å². The molecule has 1 amide bonds. The van der Waals surface area contributed by atoms with E-state index in [9.17, 15) is 9.59 Å². The minimum Gasteiger partial charge on any atom is -0.462 e. The number of nitrogens with one attached hydrogen (secondary N) is 1. The van der Waals surface area contributed by atoms with Crippen molar-refractivity contribution >= 4 is 28.3 Å². The predicted octanol–water partition coefficient (Wildman–Crippen LogP) is 1.21. The number of ether oxygens (including phenoxy) is 2. The highest BCUT2D eigenvalue weighted by Crippen LogP contribution is 2.23. The maximum Gasteiger partial charge on any atom is 0.350 e. The number of hydrogen-bond donors (Lipinski definition) is 1. The molecule has 0 aromatic carbocycles. The van der Waals surface area contributed by atoms with Crippen LogP contribution in [-0.4, -0.2) is 37.2 Å². The molecular weight excluding hydrogens is 244 g/mol. The number of rotatable bonds is 5. The minimum absolute atomic E-state index is 0.0482. The Morgan fingerprint density at radius 3 is 2.76 bits per heavy atom. The summed E-state index contributed by atoms with van der Waals surface area (Å²) < 4.78 is 9.54. The molecule has 7 heteroatoms. The normalized spacial score (nSPS) is 10.1. The topological polar surface area (TPSA) is 77.5 Å². The number of hydrogen-bond acceptors (Lipinski definition) is 6. The van der Waals surface area contributed by atoms with Gasteiger partial charge in [0.15, 0.2) is 5.13 Å². The number of thiazole rings is 1. The third-order valence-corrected chi connectivity index (χ3v) is 2.83. The molecule has 17 heavy (non-hydrogen) atoms. The van der Waals surface area contributed by atoms with Crippen molar-refractivity contribution < 1.29 is 19.1 Å². The monoisotopic (exact) mass is 258 g/mol. The molecule has 0 aliphatic rings. The van der Waals surface area contributed by atoms with Gasteiger partial charge in [-0.2, -0.15) is 0 Å². The largest absolute Gasteiger partial charge is 0.462 e. The maximum absolute atomic E-state index is 11.5. The first-order chi connectivity index (χ1) is 8.08.